The van der Waals surface area contributed by atoms with E-state index in [1.165, 1.54) is 18.2 Å². The average molecular weight is 276 g/mol. The molecule has 0 heterocycles. The third-order valence-electron chi connectivity index (χ3n) is 1.93. The van der Waals surface area contributed by atoms with Crippen LogP contribution >= 0.6 is 11.6 Å². The highest BCUT2D eigenvalue weighted by Crippen LogP contribution is 2.30. The van der Waals surface area contributed by atoms with Gasteiger partial charge in [-0.1, -0.05) is 16.1 Å². The zero-order chi connectivity index (χ0) is 13.7. The number of ether oxygens (including phenoxy) is 2. The molecule has 0 aliphatic heterocycles. The normalized spacial score (nSPS) is 10.3. The van der Waals surface area contributed by atoms with Crippen molar-refractivity contribution in [1.82, 2.24) is 0 Å². The summed E-state index contributed by atoms with van der Waals surface area (Å²) in [4.78, 5) is 11.2. The van der Waals surface area contributed by atoms with Gasteiger partial charge in [0.05, 0.1) is 23.4 Å². The van der Waals surface area contributed by atoms with E-state index < -0.39 is 6.09 Å². The van der Waals surface area contributed by atoms with E-state index in [0.29, 0.717) is 10.8 Å². The summed E-state index contributed by atoms with van der Waals surface area (Å²) in [5.74, 6) is 0.316. The summed E-state index contributed by atoms with van der Waals surface area (Å²) in [6.45, 7) is 5.34. The number of nitrogens with zero attached hydrogens (tertiary/aromatic N) is 1. The summed E-state index contributed by atoms with van der Waals surface area (Å²) >= 11 is 5.90. The van der Waals surface area contributed by atoms with Gasteiger partial charge in [-0.3, -0.25) is 0 Å². The Morgan fingerprint density at radius 2 is 2.17 bits per heavy atom. The van der Waals surface area contributed by atoms with Gasteiger partial charge in [0.15, 0.2) is 0 Å². The van der Waals surface area contributed by atoms with Crippen LogP contribution in [0.4, 0.5) is 15.0 Å². The Balaban J connectivity index is 2.93. The highest BCUT2D eigenvalue weighted by molar-refractivity contribution is 6.32. The molecule has 0 fully saturated rings. The van der Waals surface area contributed by atoms with E-state index in [1.54, 1.807) is 6.92 Å². The van der Waals surface area contributed by atoms with Crippen LogP contribution in [0.5, 0.6) is 5.75 Å². The molecule has 6 heteroatoms. The number of halogens is 2. The highest BCUT2D eigenvalue weighted by atomic mass is 35.5. The van der Waals surface area contributed by atoms with Crippen LogP contribution in [-0.2, 0) is 4.74 Å². The summed E-state index contributed by atoms with van der Waals surface area (Å²) in [5, 5.41) is 0.261. The molecule has 0 unspecified atom stereocenters. The number of anilines is 1. The number of hydrogen-bond donors (Lipinski definition) is 0. The number of carbonyl (C=O) groups is 1. The lowest BCUT2D eigenvalue weighted by molar-refractivity contribution is 0.146. The molecule has 18 heavy (non-hydrogen) atoms. The van der Waals surface area contributed by atoms with E-state index >= 15 is 0 Å². The predicted octanol–water partition coefficient (Wildman–Crippen LogP) is 3.97. The monoisotopic (exact) mass is 275 g/mol. The van der Waals surface area contributed by atoms with Gasteiger partial charge in [0, 0.05) is 6.07 Å². The molecule has 0 saturated heterocycles. The van der Waals surface area contributed by atoms with Crippen molar-refractivity contribution in [3.8, 4) is 5.75 Å². The van der Waals surface area contributed by atoms with Crippen LogP contribution in [0.3, 0.4) is 0 Å². The molecular weight excluding hydrogens is 261 g/mol. The largest absolute Gasteiger partial charge is 0.489 e. The summed E-state index contributed by atoms with van der Waals surface area (Å²) in [6.07, 6.45) is -1.18. The Bertz CT molecular complexity index is 426. The quantitative estimate of drug-likeness (QED) is 0.780. The summed E-state index contributed by atoms with van der Waals surface area (Å²) in [6, 6.07) is 4.17. The average Bonchev–Trinajstić information content (AvgIpc) is 2.31. The Labute approximate surface area is 110 Å². The zero-order valence-corrected chi connectivity index (χ0v) is 11.2. The number of rotatable bonds is 4. The minimum Gasteiger partial charge on any atom is -0.489 e. The molecule has 1 amide bonds. The van der Waals surface area contributed by atoms with Crippen LogP contribution in [-0.4, -0.2) is 18.8 Å². The second-order valence-corrected chi connectivity index (χ2v) is 4.17. The first-order valence-corrected chi connectivity index (χ1v) is 5.92. The minimum atomic E-state index is -1.07. The summed E-state index contributed by atoms with van der Waals surface area (Å²) < 4.78 is 23.6. The van der Waals surface area contributed by atoms with Gasteiger partial charge in [0.2, 0.25) is 0 Å². The van der Waals surface area contributed by atoms with E-state index in [4.69, 9.17) is 16.3 Å². The number of amides is 1. The van der Waals surface area contributed by atoms with Gasteiger partial charge in [-0.05, 0) is 32.9 Å². The Morgan fingerprint density at radius 1 is 1.50 bits per heavy atom. The molecule has 0 atom stereocenters. The van der Waals surface area contributed by atoms with Gasteiger partial charge in [-0.25, -0.2) is 4.79 Å². The molecular formula is C12H15ClFNO3. The fourth-order valence-electron chi connectivity index (χ4n) is 1.24. The molecule has 100 valence electrons. The van der Waals surface area contributed by atoms with Crippen molar-refractivity contribution in [1.29, 1.82) is 0 Å². The number of benzene rings is 1. The van der Waals surface area contributed by atoms with Crippen LogP contribution in [0, 0.1) is 0 Å². The van der Waals surface area contributed by atoms with Crippen LogP contribution < -0.4 is 9.86 Å². The molecule has 0 radical (unpaired) electrons. The maximum atomic E-state index is 13.6. The topological polar surface area (TPSA) is 38.8 Å². The van der Waals surface area contributed by atoms with E-state index in [0.717, 1.165) is 0 Å². The first-order valence-electron chi connectivity index (χ1n) is 5.54. The van der Waals surface area contributed by atoms with E-state index in [-0.39, 0.29) is 23.5 Å². The van der Waals surface area contributed by atoms with Gasteiger partial charge in [0.25, 0.3) is 0 Å². The smallest absolute Gasteiger partial charge is 0.443 e. The predicted molar refractivity (Wildman–Crippen MR) is 67.8 cm³/mol. The van der Waals surface area contributed by atoms with Crippen molar-refractivity contribution in [3.63, 3.8) is 0 Å². The molecule has 4 nitrogen and oxygen atoms in total. The fraction of sp³-hybridized carbons (Fsp3) is 0.417. The van der Waals surface area contributed by atoms with E-state index in [9.17, 15) is 9.28 Å². The van der Waals surface area contributed by atoms with Crippen molar-refractivity contribution in [2.24, 2.45) is 0 Å². The zero-order valence-electron chi connectivity index (χ0n) is 10.4. The molecule has 0 aliphatic carbocycles. The molecule has 1 aromatic carbocycles. The van der Waals surface area contributed by atoms with Crippen molar-refractivity contribution in [2.45, 2.75) is 26.9 Å². The maximum Gasteiger partial charge on any atom is 0.443 e. The van der Waals surface area contributed by atoms with Crippen LogP contribution in [0.1, 0.15) is 20.8 Å². The molecule has 1 aromatic rings. The summed E-state index contributed by atoms with van der Waals surface area (Å²) in [7, 11) is 0. The molecule has 0 saturated carbocycles. The molecule has 0 bridgehead atoms. The standard InChI is InChI=1S/C12H15ClFNO3/c1-4-17-12(16)15(14)9-5-6-10(13)11(7-9)18-8(2)3/h5-8H,4H2,1-3H3. The number of hydrogen-bond acceptors (Lipinski definition) is 3. The Morgan fingerprint density at radius 3 is 2.72 bits per heavy atom. The summed E-state index contributed by atoms with van der Waals surface area (Å²) in [5.41, 5.74) is 0.00787. The van der Waals surface area contributed by atoms with Crippen molar-refractivity contribution < 1.29 is 18.7 Å². The Hall–Kier alpha value is -1.49. The molecule has 0 aliphatic rings. The molecule has 1 rings (SSSR count). The maximum absolute atomic E-state index is 13.6. The van der Waals surface area contributed by atoms with Crippen molar-refractivity contribution in [2.75, 3.05) is 11.7 Å². The SMILES string of the molecule is CCOC(=O)N(F)c1ccc(Cl)c(OC(C)C)c1. The minimum absolute atomic E-state index is 0.00787. The lowest BCUT2D eigenvalue weighted by atomic mass is 10.3. The highest BCUT2D eigenvalue weighted by Gasteiger charge is 2.18. The van der Waals surface area contributed by atoms with Gasteiger partial charge in [0.1, 0.15) is 5.75 Å². The van der Waals surface area contributed by atoms with Crippen molar-refractivity contribution >= 4 is 23.4 Å². The van der Waals surface area contributed by atoms with Gasteiger partial charge < -0.3 is 9.47 Å². The first-order chi connectivity index (χ1) is 8.45. The third-order valence-corrected chi connectivity index (χ3v) is 2.24. The fourth-order valence-corrected chi connectivity index (χ4v) is 1.41. The van der Waals surface area contributed by atoms with Crippen LogP contribution in [0.25, 0.3) is 0 Å². The second kappa shape index (κ2) is 6.44. The van der Waals surface area contributed by atoms with E-state index in [1.807, 2.05) is 13.8 Å². The second-order valence-electron chi connectivity index (χ2n) is 3.76. The molecule has 0 spiro atoms. The van der Waals surface area contributed by atoms with Crippen molar-refractivity contribution in [3.05, 3.63) is 23.2 Å². The third kappa shape index (κ3) is 3.77. The van der Waals surface area contributed by atoms with Crippen LogP contribution in [0.2, 0.25) is 5.02 Å². The lowest BCUT2D eigenvalue weighted by Crippen LogP contribution is -2.23. The molecule has 0 N–H and O–H groups in total. The van der Waals surface area contributed by atoms with Crippen LogP contribution in [0.15, 0.2) is 18.2 Å². The van der Waals surface area contributed by atoms with E-state index in [2.05, 4.69) is 4.74 Å². The number of carbonyl (C=O) groups excluding carboxylic acids is 1. The Kier molecular flexibility index (Phi) is 5.22. The van der Waals surface area contributed by atoms with Gasteiger partial charge in [-0.15, -0.1) is 5.12 Å². The van der Waals surface area contributed by atoms with Gasteiger partial charge in [-0.2, -0.15) is 0 Å². The molecule has 0 aromatic heterocycles. The lowest BCUT2D eigenvalue weighted by Gasteiger charge is -2.15. The van der Waals surface area contributed by atoms with Gasteiger partial charge >= 0.3 is 6.09 Å². The first kappa shape index (κ1) is 14.6.